The largest absolute Gasteiger partial charge is 0.497 e. The van der Waals surface area contributed by atoms with Gasteiger partial charge in [0.2, 0.25) is 11.8 Å². The van der Waals surface area contributed by atoms with E-state index in [0.29, 0.717) is 47.4 Å². The predicted octanol–water partition coefficient (Wildman–Crippen LogP) is 5.47. The third-order valence-corrected chi connectivity index (χ3v) is 7.44. The number of hydrogen-bond donors (Lipinski definition) is 1. The van der Waals surface area contributed by atoms with Gasteiger partial charge in [0.05, 0.1) is 31.6 Å². The van der Waals surface area contributed by atoms with Crippen molar-refractivity contribution in [3.8, 4) is 11.5 Å². The molecule has 1 unspecified atom stereocenters. The van der Waals surface area contributed by atoms with Gasteiger partial charge in [-0.2, -0.15) is 0 Å². The zero-order valence-electron chi connectivity index (χ0n) is 23.3. The first kappa shape index (κ1) is 29.7. The molecule has 0 saturated carbocycles. The molecule has 0 bridgehead atoms. The normalized spacial score (nSPS) is 15.9. The lowest BCUT2D eigenvalue weighted by Gasteiger charge is -2.32. The van der Waals surface area contributed by atoms with Crippen LogP contribution in [0.1, 0.15) is 36.2 Å². The Kier molecular flexibility index (Phi) is 10.4. The number of thioether (sulfide) groups is 1. The molecule has 41 heavy (non-hydrogen) atoms. The van der Waals surface area contributed by atoms with Gasteiger partial charge in [0.1, 0.15) is 16.7 Å². The van der Waals surface area contributed by atoms with Crippen molar-refractivity contribution in [1.82, 2.24) is 4.90 Å². The van der Waals surface area contributed by atoms with Gasteiger partial charge in [-0.25, -0.2) is 9.79 Å². The second kappa shape index (κ2) is 14.4. The maximum atomic E-state index is 13.4. The zero-order chi connectivity index (χ0) is 29.2. The lowest BCUT2D eigenvalue weighted by molar-refractivity contribution is -0.129. The van der Waals surface area contributed by atoms with Crippen LogP contribution in [0.5, 0.6) is 11.5 Å². The first-order chi connectivity index (χ1) is 19.9. The Hall–Kier alpha value is -4.31. The van der Waals surface area contributed by atoms with E-state index in [4.69, 9.17) is 19.2 Å². The highest BCUT2D eigenvalue weighted by Crippen LogP contribution is 2.30. The summed E-state index contributed by atoms with van der Waals surface area (Å²) in [5.41, 5.74) is 2.61. The van der Waals surface area contributed by atoms with Gasteiger partial charge in [-0.1, -0.05) is 23.9 Å². The van der Waals surface area contributed by atoms with E-state index in [1.165, 1.54) is 11.8 Å². The number of anilines is 1. The molecule has 9 nitrogen and oxygen atoms in total. The summed E-state index contributed by atoms with van der Waals surface area (Å²) in [6.07, 6.45) is 0.636. The lowest BCUT2D eigenvalue weighted by Crippen LogP contribution is -2.46. The van der Waals surface area contributed by atoms with E-state index >= 15 is 0 Å². The van der Waals surface area contributed by atoms with E-state index in [1.807, 2.05) is 31.2 Å². The fraction of sp³-hybridized carbons (Fsp3) is 0.290. The van der Waals surface area contributed by atoms with Gasteiger partial charge in [0.15, 0.2) is 5.17 Å². The fourth-order valence-electron chi connectivity index (χ4n) is 4.12. The molecule has 0 radical (unpaired) electrons. The highest BCUT2D eigenvalue weighted by atomic mass is 32.2. The van der Waals surface area contributed by atoms with E-state index in [2.05, 4.69) is 5.32 Å². The number of esters is 1. The van der Waals surface area contributed by atoms with Gasteiger partial charge >= 0.3 is 5.97 Å². The standard InChI is InChI=1S/C31H33N3O6S/c1-4-39-26-16-12-23(13-17-26)32-29(36)27-20-28(35)34(19-18-21-6-14-25(38-3)15-7-21)31(41-27)33-24-10-8-22(9-11-24)30(37)40-5-2/h6-17,27H,4-5,18-20H2,1-3H3,(H,32,36). The van der Waals surface area contributed by atoms with Gasteiger partial charge in [0, 0.05) is 18.7 Å². The van der Waals surface area contributed by atoms with E-state index in [9.17, 15) is 14.4 Å². The molecule has 0 aliphatic carbocycles. The van der Waals surface area contributed by atoms with Crippen molar-refractivity contribution < 1.29 is 28.6 Å². The van der Waals surface area contributed by atoms with E-state index in [1.54, 1.807) is 67.5 Å². The molecule has 1 N–H and O–H groups in total. The number of rotatable bonds is 11. The second-order valence-corrected chi connectivity index (χ2v) is 10.2. The number of aliphatic imine (C=N–C) groups is 1. The van der Waals surface area contributed by atoms with Crippen LogP contribution in [0.2, 0.25) is 0 Å². The van der Waals surface area contributed by atoms with Crippen LogP contribution in [0.3, 0.4) is 0 Å². The maximum absolute atomic E-state index is 13.4. The number of methoxy groups -OCH3 is 1. The molecular weight excluding hydrogens is 542 g/mol. The number of hydrogen-bond acceptors (Lipinski definition) is 8. The molecule has 3 aromatic carbocycles. The molecule has 1 heterocycles. The molecule has 0 aromatic heterocycles. The summed E-state index contributed by atoms with van der Waals surface area (Å²) >= 11 is 1.24. The van der Waals surface area contributed by atoms with Crippen LogP contribution in [-0.2, 0) is 20.7 Å². The molecule has 4 rings (SSSR count). The van der Waals surface area contributed by atoms with Gasteiger partial charge in [-0.15, -0.1) is 0 Å². The van der Waals surface area contributed by atoms with E-state index in [0.717, 1.165) is 11.3 Å². The molecule has 1 fully saturated rings. The first-order valence-corrected chi connectivity index (χ1v) is 14.3. The Balaban J connectivity index is 1.53. The Labute approximate surface area is 243 Å². The monoisotopic (exact) mass is 575 g/mol. The van der Waals surface area contributed by atoms with Crippen molar-refractivity contribution >= 4 is 46.1 Å². The van der Waals surface area contributed by atoms with Crippen molar-refractivity contribution in [3.63, 3.8) is 0 Å². The van der Waals surface area contributed by atoms with Crippen LogP contribution < -0.4 is 14.8 Å². The molecule has 0 spiro atoms. The minimum atomic E-state index is -0.663. The number of amides is 2. The number of nitrogens with zero attached hydrogens (tertiary/aromatic N) is 2. The molecule has 10 heteroatoms. The summed E-state index contributed by atoms with van der Waals surface area (Å²) in [6.45, 7) is 4.88. The average molecular weight is 576 g/mol. The maximum Gasteiger partial charge on any atom is 0.338 e. The number of nitrogens with one attached hydrogen (secondary N) is 1. The third kappa shape index (κ3) is 8.11. The number of carbonyl (C=O) groups is 3. The molecule has 3 aromatic rings. The minimum Gasteiger partial charge on any atom is -0.497 e. The summed E-state index contributed by atoms with van der Waals surface area (Å²) in [5, 5.41) is 2.66. The number of carbonyl (C=O) groups excluding carboxylic acids is 3. The molecule has 1 aliphatic heterocycles. The molecular formula is C31H33N3O6S. The van der Waals surface area contributed by atoms with Crippen molar-refractivity contribution in [2.24, 2.45) is 4.99 Å². The Morgan fingerprint density at radius 1 is 0.951 bits per heavy atom. The molecule has 1 atom stereocenters. The average Bonchev–Trinajstić information content (AvgIpc) is 2.98. The Morgan fingerprint density at radius 3 is 2.27 bits per heavy atom. The highest BCUT2D eigenvalue weighted by molar-refractivity contribution is 8.15. The van der Waals surface area contributed by atoms with E-state index in [-0.39, 0.29) is 24.8 Å². The van der Waals surface area contributed by atoms with Crippen LogP contribution in [-0.4, -0.2) is 60.0 Å². The summed E-state index contributed by atoms with van der Waals surface area (Å²) in [5.74, 6) is 0.580. The summed E-state index contributed by atoms with van der Waals surface area (Å²) in [7, 11) is 1.61. The van der Waals surface area contributed by atoms with Gasteiger partial charge in [-0.05, 0) is 86.5 Å². The van der Waals surface area contributed by atoms with Gasteiger partial charge in [0.25, 0.3) is 0 Å². The molecule has 1 aliphatic rings. The second-order valence-electron chi connectivity index (χ2n) is 9.06. The summed E-state index contributed by atoms with van der Waals surface area (Å²) < 4.78 is 15.8. The van der Waals surface area contributed by atoms with Crippen LogP contribution >= 0.6 is 11.8 Å². The SMILES string of the molecule is CCOC(=O)c1ccc(N=C2SC(C(=O)Nc3ccc(OCC)cc3)CC(=O)N2CCc2ccc(OC)cc2)cc1. The van der Waals surface area contributed by atoms with Crippen LogP contribution in [0.4, 0.5) is 11.4 Å². The molecule has 1 saturated heterocycles. The topological polar surface area (TPSA) is 107 Å². The van der Waals surface area contributed by atoms with Crippen LogP contribution in [0.25, 0.3) is 0 Å². The smallest absolute Gasteiger partial charge is 0.338 e. The first-order valence-electron chi connectivity index (χ1n) is 13.4. The quantitative estimate of drug-likeness (QED) is 0.302. The number of ether oxygens (including phenoxy) is 3. The third-order valence-electron chi connectivity index (χ3n) is 6.25. The minimum absolute atomic E-state index is 0.0386. The van der Waals surface area contributed by atoms with Crippen molar-refractivity contribution in [1.29, 1.82) is 0 Å². The lowest BCUT2D eigenvalue weighted by atomic mass is 10.1. The van der Waals surface area contributed by atoms with E-state index < -0.39 is 11.2 Å². The molecule has 2 amide bonds. The Morgan fingerprint density at radius 2 is 1.63 bits per heavy atom. The van der Waals surface area contributed by atoms with Crippen molar-refractivity contribution in [3.05, 3.63) is 83.9 Å². The summed E-state index contributed by atoms with van der Waals surface area (Å²) in [4.78, 5) is 45.0. The number of amidine groups is 1. The van der Waals surface area contributed by atoms with Crippen LogP contribution in [0, 0.1) is 0 Å². The van der Waals surface area contributed by atoms with Gasteiger partial charge in [-0.3, -0.25) is 14.5 Å². The summed E-state index contributed by atoms with van der Waals surface area (Å²) in [6, 6.07) is 21.4. The van der Waals surface area contributed by atoms with Gasteiger partial charge < -0.3 is 19.5 Å². The number of benzene rings is 3. The fourth-order valence-corrected chi connectivity index (χ4v) is 5.24. The Bertz CT molecular complexity index is 1370. The van der Waals surface area contributed by atoms with Crippen LogP contribution in [0.15, 0.2) is 77.8 Å². The predicted molar refractivity (Wildman–Crippen MR) is 160 cm³/mol. The van der Waals surface area contributed by atoms with Crippen molar-refractivity contribution in [2.75, 3.05) is 32.2 Å². The highest BCUT2D eigenvalue weighted by Gasteiger charge is 2.35. The van der Waals surface area contributed by atoms with Crippen molar-refractivity contribution in [2.45, 2.75) is 31.9 Å². The zero-order valence-corrected chi connectivity index (χ0v) is 24.1. The molecule has 214 valence electrons.